The summed E-state index contributed by atoms with van der Waals surface area (Å²) in [5.41, 5.74) is 1.88. The highest BCUT2D eigenvalue weighted by Gasteiger charge is 2.24. The van der Waals surface area contributed by atoms with Crippen LogP contribution >= 0.6 is 0 Å². The maximum Gasteiger partial charge on any atom is 0.339 e. The van der Waals surface area contributed by atoms with Gasteiger partial charge in [-0.3, -0.25) is 4.90 Å². The molecule has 0 spiro atoms. The molecular formula is C14H21N3O3. The van der Waals surface area contributed by atoms with Gasteiger partial charge in [0.25, 0.3) is 0 Å². The van der Waals surface area contributed by atoms with Crippen LogP contribution in [0.2, 0.25) is 0 Å². The number of β-amino-alcohol motifs (C(OH)–C–C–N with tert-alkyl or cyclic N) is 1. The first kappa shape index (κ1) is 14.7. The lowest BCUT2D eigenvalue weighted by atomic mass is 10.1. The topological polar surface area (TPSA) is 76.9 Å². The lowest BCUT2D eigenvalue weighted by molar-refractivity contribution is 0.0696. The van der Waals surface area contributed by atoms with Gasteiger partial charge >= 0.3 is 5.97 Å². The molecule has 6 heteroatoms. The quantitative estimate of drug-likeness (QED) is 0.836. The molecule has 0 aromatic carbocycles. The van der Waals surface area contributed by atoms with Crippen molar-refractivity contribution in [3.8, 4) is 0 Å². The smallest absolute Gasteiger partial charge is 0.339 e. The number of piperazine rings is 1. The Balaban J connectivity index is 2.23. The van der Waals surface area contributed by atoms with Crippen LogP contribution in [0.4, 0.5) is 5.82 Å². The second-order valence-corrected chi connectivity index (χ2v) is 5.14. The first-order valence-corrected chi connectivity index (χ1v) is 6.82. The fourth-order valence-corrected chi connectivity index (χ4v) is 2.63. The summed E-state index contributed by atoms with van der Waals surface area (Å²) in [6, 6.07) is 1.80. The van der Waals surface area contributed by atoms with E-state index in [0.29, 0.717) is 17.9 Å². The van der Waals surface area contributed by atoms with Crippen LogP contribution in [-0.4, -0.2) is 65.4 Å². The Morgan fingerprint density at radius 2 is 1.95 bits per heavy atom. The number of carbonyl (C=O) groups is 1. The van der Waals surface area contributed by atoms with Crippen LogP contribution in [0.25, 0.3) is 0 Å². The fourth-order valence-electron chi connectivity index (χ4n) is 2.63. The molecular weight excluding hydrogens is 258 g/mol. The highest BCUT2D eigenvalue weighted by molar-refractivity contribution is 5.95. The Kier molecular flexibility index (Phi) is 4.57. The van der Waals surface area contributed by atoms with Gasteiger partial charge in [0.15, 0.2) is 0 Å². The number of aliphatic hydroxyl groups excluding tert-OH is 1. The average molecular weight is 279 g/mol. The van der Waals surface area contributed by atoms with Crippen LogP contribution < -0.4 is 4.90 Å². The number of pyridine rings is 1. The van der Waals surface area contributed by atoms with Crippen molar-refractivity contribution in [2.45, 2.75) is 13.8 Å². The van der Waals surface area contributed by atoms with Crippen molar-refractivity contribution in [3.05, 3.63) is 22.9 Å². The van der Waals surface area contributed by atoms with E-state index < -0.39 is 5.97 Å². The Labute approximate surface area is 118 Å². The van der Waals surface area contributed by atoms with Crippen LogP contribution in [0.15, 0.2) is 6.07 Å². The molecule has 0 aliphatic carbocycles. The standard InChI is InChI=1S/C14H21N3O3/c1-10-9-11(2)15-13(12(10)14(19)20)17-5-3-16(4-6-17)7-8-18/h9,18H,3-8H2,1-2H3,(H,19,20). The molecule has 0 bridgehead atoms. The van der Waals surface area contributed by atoms with Gasteiger partial charge in [-0.1, -0.05) is 0 Å². The number of carboxylic acids is 1. The highest BCUT2D eigenvalue weighted by Crippen LogP contribution is 2.23. The van der Waals surface area contributed by atoms with E-state index in [4.69, 9.17) is 5.11 Å². The molecule has 1 aromatic heterocycles. The molecule has 2 N–H and O–H groups in total. The van der Waals surface area contributed by atoms with E-state index in [1.165, 1.54) is 0 Å². The van der Waals surface area contributed by atoms with Crippen LogP contribution in [0.1, 0.15) is 21.6 Å². The van der Waals surface area contributed by atoms with Crippen molar-refractivity contribution < 1.29 is 15.0 Å². The van der Waals surface area contributed by atoms with Crippen molar-refractivity contribution in [1.29, 1.82) is 0 Å². The number of hydrogen-bond acceptors (Lipinski definition) is 5. The lowest BCUT2D eigenvalue weighted by Crippen LogP contribution is -2.48. The molecule has 6 nitrogen and oxygen atoms in total. The first-order valence-electron chi connectivity index (χ1n) is 6.82. The van der Waals surface area contributed by atoms with Gasteiger partial charge < -0.3 is 15.1 Å². The van der Waals surface area contributed by atoms with E-state index in [9.17, 15) is 9.90 Å². The third kappa shape index (κ3) is 3.08. The van der Waals surface area contributed by atoms with Crippen LogP contribution in [0.5, 0.6) is 0 Å². The fraction of sp³-hybridized carbons (Fsp3) is 0.571. The third-order valence-electron chi connectivity index (χ3n) is 3.63. The normalized spacial score (nSPS) is 16.4. The zero-order chi connectivity index (χ0) is 14.7. The predicted molar refractivity (Wildman–Crippen MR) is 76.4 cm³/mol. The van der Waals surface area contributed by atoms with Gasteiger partial charge in [0.1, 0.15) is 11.4 Å². The van der Waals surface area contributed by atoms with Gasteiger partial charge in [0.2, 0.25) is 0 Å². The molecule has 0 amide bonds. The molecule has 0 unspecified atom stereocenters. The van der Waals surface area contributed by atoms with Crippen LogP contribution in [0, 0.1) is 13.8 Å². The predicted octanol–water partition coefficient (Wildman–Crippen LogP) is 0.511. The molecule has 0 radical (unpaired) electrons. The van der Waals surface area contributed by atoms with Gasteiger partial charge in [-0.25, -0.2) is 9.78 Å². The summed E-state index contributed by atoms with van der Waals surface area (Å²) in [6.07, 6.45) is 0. The summed E-state index contributed by atoms with van der Waals surface area (Å²) >= 11 is 0. The maximum atomic E-state index is 11.5. The third-order valence-corrected chi connectivity index (χ3v) is 3.63. The summed E-state index contributed by atoms with van der Waals surface area (Å²) in [7, 11) is 0. The van der Waals surface area contributed by atoms with Crippen molar-refractivity contribution in [2.24, 2.45) is 0 Å². The molecule has 1 saturated heterocycles. The van der Waals surface area contributed by atoms with Gasteiger partial charge in [0, 0.05) is 38.4 Å². The minimum Gasteiger partial charge on any atom is -0.478 e. The van der Waals surface area contributed by atoms with E-state index in [2.05, 4.69) is 9.88 Å². The van der Waals surface area contributed by atoms with E-state index >= 15 is 0 Å². The number of aromatic nitrogens is 1. The number of nitrogens with zero attached hydrogens (tertiary/aromatic N) is 3. The molecule has 110 valence electrons. The number of anilines is 1. The van der Waals surface area contributed by atoms with E-state index in [1.807, 2.05) is 18.7 Å². The lowest BCUT2D eigenvalue weighted by Gasteiger charge is -2.35. The average Bonchev–Trinajstić information content (AvgIpc) is 2.38. The summed E-state index contributed by atoms with van der Waals surface area (Å²) in [5.74, 6) is -0.360. The summed E-state index contributed by atoms with van der Waals surface area (Å²) in [6.45, 7) is 7.60. The van der Waals surface area contributed by atoms with E-state index in [0.717, 1.165) is 37.4 Å². The number of rotatable bonds is 4. The number of aromatic carboxylic acids is 1. The van der Waals surface area contributed by atoms with Gasteiger partial charge in [-0.15, -0.1) is 0 Å². The second-order valence-electron chi connectivity index (χ2n) is 5.14. The number of aryl methyl sites for hydroxylation is 2. The summed E-state index contributed by atoms with van der Waals surface area (Å²) in [5, 5.41) is 18.3. The van der Waals surface area contributed by atoms with E-state index in [-0.39, 0.29) is 6.61 Å². The molecule has 1 aliphatic rings. The molecule has 2 heterocycles. The number of aliphatic hydroxyl groups is 1. The molecule has 0 atom stereocenters. The summed E-state index contributed by atoms with van der Waals surface area (Å²) < 4.78 is 0. The molecule has 1 aliphatic heterocycles. The van der Waals surface area contributed by atoms with Gasteiger partial charge in [-0.2, -0.15) is 0 Å². The molecule has 1 fully saturated rings. The molecule has 0 saturated carbocycles. The minimum atomic E-state index is -0.928. The number of hydrogen-bond donors (Lipinski definition) is 2. The van der Waals surface area contributed by atoms with Crippen LogP contribution in [-0.2, 0) is 0 Å². The van der Waals surface area contributed by atoms with Crippen LogP contribution in [0.3, 0.4) is 0 Å². The maximum absolute atomic E-state index is 11.5. The van der Waals surface area contributed by atoms with Gasteiger partial charge in [0.05, 0.1) is 6.61 Å². The van der Waals surface area contributed by atoms with Crippen molar-refractivity contribution >= 4 is 11.8 Å². The van der Waals surface area contributed by atoms with Crippen molar-refractivity contribution in [2.75, 3.05) is 44.2 Å². The Morgan fingerprint density at radius 1 is 1.30 bits per heavy atom. The zero-order valence-electron chi connectivity index (χ0n) is 12.0. The van der Waals surface area contributed by atoms with Crippen molar-refractivity contribution in [3.63, 3.8) is 0 Å². The Hall–Kier alpha value is -1.66. The monoisotopic (exact) mass is 279 g/mol. The minimum absolute atomic E-state index is 0.155. The SMILES string of the molecule is Cc1cc(C)c(C(=O)O)c(N2CCN(CCO)CC2)n1. The van der Waals surface area contributed by atoms with E-state index in [1.54, 1.807) is 6.07 Å². The van der Waals surface area contributed by atoms with Crippen molar-refractivity contribution in [1.82, 2.24) is 9.88 Å². The first-order chi connectivity index (χ1) is 9.52. The molecule has 20 heavy (non-hydrogen) atoms. The zero-order valence-corrected chi connectivity index (χ0v) is 12.0. The Bertz CT molecular complexity index is 497. The summed E-state index contributed by atoms with van der Waals surface area (Å²) in [4.78, 5) is 20.1. The highest BCUT2D eigenvalue weighted by atomic mass is 16.4. The number of carboxylic acid groups (broad SMARTS) is 1. The Morgan fingerprint density at radius 3 is 2.50 bits per heavy atom. The largest absolute Gasteiger partial charge is 0.478 e. The molecule has 2 rings (SSSR count). The molecule has 1 aromatic rings. The van der Waals surface area contributed by atoms with Gasteiger partial charge in [-0.05, 0) is 25.5 Å². The second kappa shape index (κ2) is 6.19.